The summed E-state index contributed by atoms with van der Waals surface area (Å²) >= 11 is 5.22. The number of hydrogen-bond donors (Lipinski definition) is 1. The summed E-state index contributed by atoms with van der Waals surface area (Å²) in [7, 11) is 0. The molecule has 0 aromatic carbocycles. The fourth-order valence-electron chi connectivity index (χ4n) is 2.08. The maximum absolute atomic E-state index is 5.80. The van der Waals surface area contributed by atoms with E-state index >= 15 is 0 Å². The first-order valence-corrected chi connectivity index (χ1v) is 6.87. The molecule has 2 rings (SSSR count). The summed E-state index contributed by atoms with van der Waals surface area (Å²) in [6, 6.07) is 1.96. The molecule has 1 heterocycles. The lowest BCUT2D eigenvalue weighted by Gasteiger charge is -2.16. The van der Waals surface area contributed by atoms with Gasteiger partial charge in [0.05, 0.1) is 0 Å². The van der Waals surface area contributed by atoms with E-state index in [9.17, 15) is 0 Å². The van der Waals surface area contributed by atoms with Gasteiger partial charge >= 0.3 is 0 Å². The predicted octanol–water partition coefficient (Wildman–Crippen LogP) is 3.58. The van der Waals surface area contributed by atoms with Crippen molar-refractivity contribution in [1.29, 1.82) is 0 Å². The second kappa shape index (κ2) is 5.74. The Labute approximate surface area is 108 Å². The standard InChI is InChI=1S/C13H20N2OS/c1-3-5-10-8-11(17)15-13(14-10)12(16-4-2)9-6-7-9/h8-9,12H,3-7H2,1-2H3,(H,14,15,17). The van der Waals surface area contributed by atoms with Gasteiger partial charge in [0.2, 0.25) is 0 Å². The number of aromatic amines is 1. The number of H-pyrrole nitrogens is 1. The van der Waals surface area contributed by atoms with E-state index in [0.29, 0.717) is 10.6 Å². The first-order chi connectivity index (χ1) is 8.24. The van der Waals surface area contributed by atoms with Crippen molar-refractivity contribution in [3.8, 4) is 0 Å². The summed E-state index contributed by atoms with van der Waals surface area (Å²) in [5, 5.41) is 0. The largest absolute Gasteiger partial charge is 0.370 e. The summed E-state index contributed by atoms with van der Waals surface area (Å²) in [6.45, 7) is 4.92. The van der Waals surface area contributed by atoms with Gasteiger partial charge in [-0.1, -0.05) is 25.6 Å². The third kappa shape index (κ3) is 3.36. The first kappa shape index (κ1) is 12.7. The number of nitrogens with one attached hydrogen (secondary N) is 1. The van der Waals surface area contributed by atoms with E-state index in [1.165, 1.54) is 18.5 Å². The van der Waals surface area contributed by atoms with E-state index in [-0.39, 0.29) is 6.10 Å². The maximum atomic E-state index is 5.80. The summed E-state index contributed by atoms with van der Waals surface area (Å²) < 4.78 is 6.47. The second-order valence-electron chi connectivity index (χ2n) is 4.59. The molecule has 0 amide bonds. The minimum Gasteiger partial charge on any atom is -0.370 e. The van der Waals surface area contributed by atoms with Gasteiger partial charge < -0.3 is 9.72 Å². The molecule has 0 aliphatic heterocycles. The average Bonchev–Trinajstić information content (AvgIpc) is 3.09. The van der Waals surface area contributed by atoms with Crippen LogP contribution >= 0.6 is 12.2 Å². The van der Waals surface area contributed by atoms with Crippen molar-refractivity contribution >= 4 is 12.2 Å². The highest BCUT2D eigenvalue weighted by molar-refractivity contribution is 7.71. The van der Waals surface area contributed by atoms with Crippen LogP contribution in [0.15, 0.2) is 6.07 Å². The number of aromatic nitrogens is 2. The molecule has 1 aliphatic rings. The average molecular weight is 252 g/mol. The van der Waals surface area contributed by atoms with Gasteiger partial charge in [0.1, 0.15) is 16.6 Å². The van der Waals surface area contributed by atoms with Crippen molar-refractivity contribution in [2.45, 2.75) is 45.6 Å². The molecule has 0 radical (unpaired) electrons. The van der Waals surface area contributed by atoms with Crippen LogP contribution in [-0.4, -0.2) is 16.6 Å². The molecule has 1 atom stereocenters. The van der Waals surface area contributed by atoms with Gasteiger partial charge in [-0.25, -0.2) is 4.98 Å². The van der Waals surface area contributed by atoms with E-state index in [1.54, 1.807) is 0 Å². The third-order valence-electron chi connectivity index (χ3n) is 3.00. The van der Waals surface area contributed by atoms with Crippen LogP contribution in [0.5, 0.6) is 0 Å². The van der Waals surface area contributed by atoms with Gasteiger partial charge in [-0.2, -0.15) is 0 Å². The van der Waals surface area contributed by atoms with Crippen molar-refractivity contribution in [2.75, 3.05) is 6.61 Å². The zero-order chi connectivity index (χ0) is 12.3. The summed E-state index contributed by atoms with van der Waals surface area (Å²) in [6.07, 6.45) is 4.72. The van der Waals surface area contributed by atoms with Crippen LogP contribution in [-0.2, 0) is 11.2 Å². The fraction of sp³-hybridized carbons (Fsp3) is 0.692. The SMILES string of the molecule is CCCc1cc(=S)nc(C(OCC)C2CC2)[nH]1. The quantitative estimate of drug-likeness (QED) is 0.786. The van der Waals surface area contributed by atoms with Crippen LogP contribution in [0.2, 0.25) is 0 Å². The number of rotatable bonds is 6. The first-order valence-electron chi connectivity index (χ1n) is 6.46. The molecule has 0 bridgehead atoms. The third-order valence-corrected chi connectivity index (χ3v) is 3.21. The smallest absolute Gasteiger partial charge is 0.137 e. The van der Waals surface area contributed by atoms with Crippen molar-refractivity contribution < 1.29 is 4.74 Å². The molecule has 17 heavy (non-hydrogen) atoms. The molecule has 1 unspecified atom stereocenters. The molecule has 1 saturated carbocycles. The molecule has 4 heteroatoms. The molecule has 0 saturated heterocycles. The zero-order valence-electron chi connectivity index (χ0n) is 10.5. The Kier molecular flexibility index (Phi) is 4.29. The van der Waals surface area contributed by atoms with Gasteiger partial charge in [0, 0.05) is 12.3 Å². The molecule has 1 aromatic rings. The lowest BCUT2D eigenvalue weighted by molar-refractivity contribution is 0.0398. The molecule has 94 valence electrons. The number of hydrogen-bond acceptors (Lipinski definition) is 3. The molecular formula is C13H20N2OS. The van der Waals surface area contributed by atoms with Gasteiger partial charge in [-0.05, 0) is 38.2 Å². The van der Waals surface area contributed by atoms with E-state index in [0.717, 1.165) is 25.3 Å². The van der Waals surface area contributed by atoms with E-state index in [2.05, 4.69) is 16.9 Å². The molecule has 3 nitrogen and oxygen atoms in total. The Balaban J connectivity index is 2.25. The van der Waals surface area contributed by atoms with Gasteiger partial charge in [-0.3, -0.25) is 0 Å². The van der Waals surface area contributed by atoms with Crippen molar-refractivity contribution in [1.82, 2.24) is 9.97 Å². The Hall–Kier alpha value is -0.740. The lowest BCUT2D eigenvalue weighted by Crippen LogP contribution is -2.12. The van der Waals surface area contributed by atoms with Crippen LogP contribution in [0.1, 0.15) is 50.7 Å². The Morgan fingerprint density at radius 3 is 2.88 bits per heavy atom. The molecule has 1 aliphatic carbocycles. The molecule has 1 N–H and O–H groups in total. The van der Waals surface area contributed by atoms with Gasteiger partial charge in [-0.15, -0.1) is 0 Å². The molecular weight excluding hydrogens is 232 g/mol. The number of aryl methyl sites for hydroxylation is 1. The minimum absolute atomic E-state index is 0.110. The fourth-order valence-corrected chi connectivity index (χ4v) is 2.32. The topological polar surface area (TPSA) is 37.9 Å². The Bertz CT molecular complexity index is 426. The van der Waals surface area contributed by atoms with Gasteiger partial charge in [0.25, 0.3) is 0 Å². The monoisotopic (exact) mass is 252 g/mol. The van der Waals surface area contributed by atoms with Gasteiger partial charge in [0.15, 0.2) is 0 Å². The normalized spacial score (nSPS) is 17.1. The highest BCUT2D eigenvalue weighted by Gasteiger charge is 2.34. The molecule has 0 spiro atoms. The van der Waals surface area contributed by atoms with E-state index < -0.39 is 0 Å². The van der Waals surface area contributed by atoms with E-state index in [4.69, 9.17) is 17.0 Å². The highest BCUT2D eigenvalue weighted by atomic mass is 32.1. The Morgan fingerprint density at radius 2 is 2.29 bits per heavy atom. The van der Waals surface area contributed by atoms with Crippen LogP contribution in [0.25, 0.3) is 0 Å². The summed E-state index contributed by atoms with van der Waals surface area (Å²) in [5.74, 6) is 1.55. The summed E-state index contributed by atoms with van der Waals surface area (Å²) in [4.78, 5) is 7.82. The zero-order valence-corrected chi connectivity index (χ0v) is 11.3. The van der Waals surface area contributed by atoms with Crippen LogP contribution in [0.3, 0.4) is 0 Å². The van der Waals surface area contributed by atoms with Crippen LogP contribution in [0.4, 0.5) is 0 Å². The van der Waals surface area contributed by atoms with E-state index in [1.807, 2.05) is 13.0 Å². The number of ether oxygens (including phenoxy) is 1. The second-order valence-corrected chi connectivity index (χ2v) is 5.01. The van der Waals surface area contributed by atoms with Crippen LogP contribution < -0.4 is 0 Å². The number of nitrogens with zero attached hydrogens (tertiary/aromatic N) is 1. The minimum atomic E-state index is 0.110. The highest BCUT2D eigenvalue weighted by Crippen LogP contribution is 2.42. The van der Waals surface area contributed by atoms with Crippen molar-refractivity contribution in [3.05, 3.63) is 22.2 Å². The Morgan fingerprint density at radius 1 is 1.53 bits per heavy atom. The lowest BCUT2D eigenvalue weighted by atomic mass is 10.2. The van der Waals surface area contributed by atoms with Crippen molar-refractivity contribution in [3.63, 3.8) is 0 Å². The maximum Gasteiger partial charge on any atom is 0.137 e. The summed E-state index contributed by atoms with van der Waals surface area (Å²) in [5.41, 5.74) is 1.17. The molecule has 1 fully saturated rings. The van der Waals surface area contributed by atoms with Crippen molar-refractivity contribution in [2.24, 2.45) is 5.92 Å². The van der Waals surface area contributed by atoms with Crippen LogP contribution in [0, 0.1) is 10.6 Å². The molecule has 1 aromatic heterocycles. The predicted molar refractivity (Wildman–Crippen MR) is 70.5 cm³/mol.